The summed E-state index contributed by atoms with van der Waals surface area (Å²) >= 11 is 1.57. The first-order valence-corrected chi connectivity index (χ1v) is 7.48. The highest BCUT2D eigenvalue weighted by Crippen LogP contribution is 2.29. The average molecular weight is 303 g/mol. The number of aromatic nitrogens is 1. The molecule has 2 rings (SSSR count). The van der Waals surface area contributed by atoms with Crippen LogP contribution in [0.5, 0.6) is 11.5 Å². The van der Waals surface area contributed by atoms with Gasteiger partial charge in [-0.05, 0) is 18.6 Å². The third-order valence-corrected chi connectivity index (χ3v) is 3.67. The van der Waals surface area contributed by atoms with Crippen LogP contribution in [0.1, 0.15) is 23.8 Å². The number of nitriles is 1. The molecule has 21 heavy (non-hydrogen) atoms. The highest BCUT2D eigenvalue weighted by molar-refractivity contribution is 7.15. The van der Waals surface area contributed by atoms with Crippen LogP contribution in [0.25, 0.3) is 0 Å². The predicted molar refractivity (Wildman–Crippen MR) is 82.9 cm³/mol. The van der Waals surface area contributed by atoms with E-state index in [4.69, 9.17) is 14.7 Å². The highest BCUT2D eigenvalue weighted by atomic mass is 32.1. The second-order valence-corrected chi connectivity index (χ2v) is 5.44. The van der Waals surface area contributed by atoms with Gasteiger partial charge < -0.3 is 14.8 Å². The van der Waals surface area contributed by atoms with Crippen molar-refractivity contribution in [1.29, 1.82) is 5.26 Å². The topological polar surface area (TPSA) is 67.2 Å². The van der Waals surface area contributed by atoms with Gasteiger partial charge in [0.05, 0.1) is 23.6 Å². The number of rotatable bonds is 7. The standard InChI is InChI=1S/C15H17N3O2S/c1-3-6-17-15-18-9-12(21-15)10-20-13-5-4-11(8-16)7-14(13)19-2/h4-5,7,9H,3,6,10H2,1-2H3,(H,17,18). The molecule has 0 amide bonds. The minimum atomic E-state index is 0.424. The van der Waals surface area contributed by atoms with Gasteiger partial charge in [0.2, 0.25) is 0 Å². The molecular formula is C15H17N3O2S. The largest absolute Gasteiger partial charge is 0.493 e. The molecule has 0 atom stereocenters. The molecule has 0 fully saturated rings. The summed E-state index contributed by atoms with van der Waals surface area (Å²) in [4.78, 5) is 5.32. The molecule has 0 spiro atoms. The van der Waals surface area contributed by atoms with E-state index in [1.807, 2.05) is 0 Å². The lowest BCUT2D eigenvalue weighted by Gasteiger charge is -2.09. The van der Waals surface area contributed by atoms with Gasteiger partial charge in [-0.3, -0.25) is 0 Å². The van der Waals surface area contributed by atoms with Crippen molar-refractivity contribution in [2.75, 3.05) is 19.0 Å². The molecule has 1 aromatic carbocycles. The summed E-state index contributed by atoms with van der Waals surface area (Å²) in [7, 11) is 1.56. The summed E-state index contributed by atoms with van der Waals surface area (Å²) < 4.78 is 11.0. The predicted octanol–water partition coefficient (Wildman–Crippen LogP) is 3.42. The number of hydrogen-bond donors (Lipinski definition) is 1. The summed E-state index contributed by atoms with van der Waals surface area (Å²) in [6, 6.07) is 7.19. The van der Waals surface area contributed by atoms with Gasteiger partial charge in [-0.15, -0.1) is 0 Å². The van der Waals surface area contributed by atoms with E-state index in [0.717, 1.165) is 23.0 Å². The van der Waals surface area contributed by atoms with E-state index in [0.29, 0.717) is 23.7 Å². The fourth-order valence-electron chi connectivity index (χ4n) is 1.69. The Labute approximate surface area is 128 Å². The van der Waals surface area contributed by atoms with Crippen LogP contribution in [-0.2, 0) is 6.61 Å². The number of methoxy groups -OCH3 is 1. The maximum absolute atomic E-state index is 8.87. The molecule has 0 bridgehead atoms. The number of anilines is 1. The molecule has 0 aliphatic carbocycles. The van der Waals surface area contributed by atoms with E-state index < -0.39 is 0 Å². The van der Waals surface area contributed by atoms with Crippen molar-refractivity contribution in [1.82, 2.24) is 4.98 Å². The maximum atomic E-state index is 8.87. The van der Waals surface area contributed by atoms with Gasteiger partial charge in [0.25, 0.3) is 0 Å². The van der Waals surface area contributed by atoms with E-state index in [1.165, 1.54) is 0 Å². The molecule has 6 heteroatoms. The number of hydrogen-bond acceptors (Lipinski definition) is 6. The van der Waals surface area contributed by atoms with Gasteiger partial charge in [-0.1, -0.05) is 18.3 Å². The van der Waals surface area contributed by atoms with Crippen LogP contribution in [0.2, 0.25) is 0 Å². The van der Waals surface area contributed by atoms with Crippen molar-refractivity contribution in [2.24, 2.45) is 0 Å². The van der Waals surface area contributed by atoms with E-state index >= 15 is 0 Å². The molecule has 1 N–H and O–H groups in total. The fourth-order valence-corrected chi connectivity index (χ4v) is 2.44. The average Bonchev–Trinajstić information content (AvgIpc) is 2.98. The Balaban J connectivity index is 1.99. The number of thiazole rings is 1. The van der Waals surface area contributed by atoms with Gasteiger partial charge in [0, 0.05) is 18.8 Å². The van der Waals surface area contributed by atoms with Crippen LogP contribution in [0.15, 0.2) is 24.4 Å². The summed E-state index contributed by atoms with van der Waals surface area (Å²) in [5.74, 6) is 1.18. The molecule has 0 aliphatic rings. The van der Waals surface area contributed by atoms with E-state index in [1.54, 1.807) is 42.8 Å². The summed E-state index contributed by atoms with van der Waals surface area (Å²) in [6.45, 7) is 3.45. The molecule has 1 aromatic heterocycles. The van der Waals surface area contributed by atoms with E-state index in [-0.39, 0.29) is 0 Å². The van der Waals surface area contributed by atoms with Crippen LogP contribution in [-0.4, -0.2) is 18.6 Å². The Hall–Kier alpha value is -2.26. The zero-order chi connectivity index (χ0) is 15.1. The Morgan fingerprint density at radius 1 is 1.38 bits per heavy atom. The first-order valence-electron chi connectivity index (χ1n) is 6.66. The van der Waals surface area contributed by atoms with Crippen LogP contribution < -0.4 is 14.8 Å². The molecule has 0 unspecified atom stereocenters. The Bertz CT molecular complexity index is 634. The first-order chi connectivity index (χ1) is 10.3. The van der Waals surface area contributed by atoms with Crippen LogP contribution in [0.4, 0.5) is 5.13 Å². The molecule has 5 nitrogen and oxygen atoms in total. The normalized spacial score (nSPS) is 9.95. The number of nitrogens with zero attached hydrogens (tertiary/aromatic N) is 2. The van der Waals surface area contributed by atoms with E-state index in [2.05, 4.69) is 23.3 Å². The SMILES string of the molecule is CCCNc1ncc(COc2ccc(C#N)cc2OC)s1. The monoisotopic (exact) mass is 303 g/mol. The van der Waals surface area contributed by atoms with Crippen LogP contribution in [0.3, 0.4) is 0 Å². The Morgan fingerprint density at radius 3 is 2.95 bits per heavy atom. The summed E-state index contributed by atoms with van der Waals surface area (Å²) in [6.07, 6.45) is 2.87. The number of nitrogens with one attached hydrogen (secondary N) is 1. The molecule has 2 aromatic rings. The second kappa shape index (κ2) is 7.50. The van der Waals surface area contributed by atoms with Gasteiger partial charge in [0.1, 0.15) is 6.61 Å². The summed E-state index contributed by atoms with van der Waals surface area (Å²) in [5, 5.41) is 13.0. The minimum Gasteiger partial charge on any atom is -0.493 e. The minimum absolute atomic E-state index is 0.424. The van der Waals surface area contributed by atoms with Crippen molar-refractivity contribution >= 4 is 16.5 Å². The third kappa shape index (κ3) is 4.10. The lowest BCUT2D eigenvalue weighted by molar-refractivity contribution is 0.287. The quantitative estimate of drug-likeness (QED) is 0.849. The second-order valence-electron chi connectivity index (χ2n) is 4.32. The number of benzene rings is 1. The Morgan fingerprint density at radius 2 is 2.24 bits per heavy atom. The molecular weight excluding hydrogens is 286 g/mol. The van der Waals surface area contributed by atoms with Gasteiger partial charge in [0.15, 0.2) is 16.6 Å². The summed E-state index contributed by atoms with van der Waals surface area (Å²) in [5.41, 5.74) is 0.544. The third-order valence-electron chi connectivity index (χ3n) is 2.74. The smallest absolute Gasteiger partial charge is 0.182 e. The zero-order valence-corrected chi connectivity index (χ0v) is 12.9. The zero-order valence-electron chi connectivity index (χ0n) is 12.0. The molecule has 0 radical (unpaired) electrons. The van der Waals surface area contributed by atoms with Crippen molar-refractivity contribution in [2.45, 2.75) is 20.0 Å². The molecule has 0 saturated heterocycles. The Kier molecular flexibility index (Phi) is 5.41. The van der Waals surface area contributed by atoms with Crippen molar-refractivity contribution in [3.05, 3.63) is 34.8 Å². The lowest BCUT2D eigenvalue weighted by atomic mass is 10.2. The lowest BCUT2D eigenvalue weighted by Crippen LogP contribution is -1.98. The number of ether oxygens (including phenoxy) is 2. The maximum Gasteiger partial charge on any atom is 0.182 e. The van der Waals surface area contributed by atoms with Crippen molar-refractivity contribution in [3.8, 4) is 17.6 Å². The first kappa shape index (κ1) is 15.1. The van der Waals surface area contributed by atoms with Crippen molar-refractivity contribution in [3.63, 3.8) is 0 Å². The van der Waals surface area contributed by atoms with Crippen molar-refractivity contribution < 1.29 is 9.47 Å². The van der Waals surface area contributed by atoms with Crippen LogP contribution in [0, 0.1) is 11.3 Å². The van der Waals surface area contributed by atoms with E-state index in [9.17, 15) is 0 Å². The van der Waals surface area contributed by atoms with Gasteiger partial charge >= 0.3 is 0 Å². The van der Waals surface area contributed by atoms with Crippen LogP contribution >= 0.6 is 11.3 Å². The molecule has 1 heterocycles. The van der Waals surface area contributed by atoms with Gasteiger partial charge in [-0.25, -0.2) is 4.98 Å². The fraction of sp³-hybridized carbons (Fsp3) is 0.333. The van der Waals surface area contributed by atoms with Gasteiger partial charge in [-0.2, -0.15) is 5.26 Å². The highest BCUT2D eigenvalue weighted by Gasteiger charge is 2.07. The molecule has 0 aliphatic heterocycles. The molecule has 0 saturated carbocycles. The molecule has 110 valence electrons.